The zero-order chi connectivity index (χ0) is 13.9. The van der Waals surface area contributed by atoms with Crippen LogP contribution in [0.3, 0.4) is 0 Å². The largest absolute Gasteiger partial charge is 2.00 e. The summed E-state index contributed by atoms with van der Waals surface area (Å²) in [4.78, 5) is 47.7. The molecule has 0 heterocycles. The number of carbonyl (C=O) groups excluding carboxylic acids is 3. The number of phosphoric acid groups is 1. The summed E-state index contributed by atoms with van der Waals surface area (Å²) >= 11 is 0. The van der Waals surface area contributed by atoms with Crippen LogP contribution in [0.2, 0.25) is 0 Å². The summed E-state index contributed by atoms with van der Waals surface area (Å²) in [6.07, 6.45) is -3.00. The first kappa shape index (κ1) is 20.1. The van der Waals surface area contributed by atoms with E-state index in [1.807, 2.05) is 0 Å². The van der Waals surface area contributed by atoms with Crippen molar-refractivity contribution in [2.45, 2.75) is 18.4 Å². The number of carboxylic acid groups (broad SMARTS) is 2. The topological polar surface area (TPSA) is 184 Å². The van der Waals surface area contributed by atoms with Gasteiger partial charge in [-0.05, 0) is 0 Å². The Balaban J connectivity index is 0. The van der Waals surface area contributed by atoms with Gasteiger partial charge in [-0.25, -0.2) is 4.57 Å². The monoisotopic (exact) mass is 310 g/mol. The van der Waals surface area contributed by atoms with Crippen LogP contribution in [0.4, 0.5) is 0 Å². The fourth-order valence-corrected chi connectivity index (χ4v) is 1.18. The van der Waals surface area contributed by atoms with E-state index in [-0.39, 0.29) is 37.7 Å². The average molecular weight is 310 g/mol. The third-order valence-electron chi connectivity index (χ3n) is 1.47. The van der Waals surface area contributed by atoms with Gasteiger partial charge in [0.2, 0.25) is 0 Å². The van der Waals surface area contributed by atoms with Crippen LogP contribution in [0.5, 0.6) is 0 Å². The van der Waals surface area contributed by atoms with Crippen LogP contribution in [-0.4, -0.2) is 76.1 Å². The molecule has 1 atom stereocenters. The molecule has 0 saturated carbocycles. The Hall–Kier alpha value is -0.220. The molecule has 0 bridgehead atoms. The molecule has 0 aliphatic carbocycles. The molecule has 10 nitrogen and oxygen atoms in total. The number of carbonyl (C=O) groups is 3. The number of phosphoric ester groups is 1. The van der Waals surface area contributed by atoms with Gasteiger partial charge in [0, 0.05) is 12.4 Å². The van der Waals surface area contributed by atoms with Gasteiger partial charge in [-0.1, -0.05) is 0 Å². The maximum atomic E-state index is 10.8. The molecule has 0 aromatic rings. The van der Waals surface area contributed by atoms with Gasteiger partial charge in [0.1, 0.15) is 5.60 Å². The summed E-state index contributed by atoms with van der Waals surface area (Å²) in [7, 11) is -5.21. The zero-order valence-electron chi connectivity index (χ0n) is 8.77. The molecule has 3 N–H and O–H groups in total. The van der Waals surface area contributed by atoms with Crippen molar-refractivity contribution in [3.63, 3.8) is 0 Å². The third-order valence-corrected chi connectivity index (χ3v) is 1.92. The van der Waals surface area contributed by atoms with Crippen molar-refractivity contribution < 1.29 is 48.6 Å². The van der Waals surface area contributed by atoms with Gasteiger partial charge >= 0.3 is 51.5 Å². The number of aliphatic carboxylic acids is 2. The molecule has 0 fully saturated rings. The first-order chi connectivity index (χ1) is 7.46. The van der Waals surface area contributed by atoms with Gasteiger partial charge in [0.25, 0.3) is 0 Å². The predicted octanol–water partition coefficient (Wildman–Crippen LogP) is -4.75. The number of aliphatic hydroxyl groups is 1. The van der Waals surface area contributed by atoms with Gasteiger partial charge in [0.05, 0.1) is 12.4 Å². The summed E-state index contributed by atoms with van der Waals surface area (Å²) in [6.45, 7) is 0. The van der Waals surface area contributed by atoms with Crippen LogP contribution < -0.4 is 10.2 Å². The molecule has 0 aliphatic rings. The molecule has 98 valence electrons. The van der Waals surface area contributed by atoms with Crippen LogP contribution >= 0.6 is 7.82 Å². The van der Waals surface area contributed by atoms with E-state index in [4.69, 9.17) is 9.79 Å². The first-order valence-electron chi connectivity index (χ1n) is 3.88. The second-order valence-corrected chi connectivity index (χ2v) is 4.16. The molecular formula is C6H7CaO10P. The van der Waals surface area contributed by atoms with Gasteiger partial charge in [0.15, 0.2) is 0 Å². The van der Waals surface area contributed by atoms with E-state index in [2.05, 4.69) is 4.52 Å². The van der Waals surface area contributed by atoms with E-state index in [0.29, 0.717) is 0 Å². The molecule has 0 rings (SSSR count). The Morgan fingerprint density at radius 3 is 1.89 bits per heavy atom. The minimum absolute atomic E-state index is 0. The number of hydrogen-bond acceptors (Lipinski definition) is 8. The Labute approximate surface area is 130 Å². The molecule has 0 spiro atoms. The second kappa shape index (κ2) is 7.39. The van der Waals surface area contributed by atoms with Crippen LogP contribution in [0, 0.1) is 0 Å². The van der Waals surface area contributed by atoms with E-state index >= 15 is 0 Å². The van der Waals surface area contributed by atoms with Crippen molar-refractivity contribution in [2.75, 3.05) is 0 Å². The van der Waals surface area contributed by atoms with Crippen molar-refractivity contribution >= 4 is 63.5 Å². The van der Waals surface area contributed by atoms with Gasteiger partial charge in [-0.2, -0.15) is 0 Å². The minimum Gasteiger partial charge on any atom is -0.550 e. The maximum Gasteiger partial charge on any atom is 2.00 e. The predicted molar refractivity (Wildman–Crippen MR) is 48.1 cm³/mol. The van der Waals surface area contributed by atoms with Crippen molar-refractivity contribution in [2.24, 2.45) is 0 Å². The molecule has 0 amide bonds. The van der Waals surface area contributed by atoms with E-state index in [9.17, 15) is 34.3 Å². The van der Waals surface area contributed by atoms with Crippen LogP contribution in [0.1, 0.15) is 12.8 Å². The summed E-state index contributed by atoms with van der Waals surface area (Å²) < 4.78 is 13.6. The Morgan fingerprint density at radius 1 is 1.17 bits per heavy atom. The van der Waals surface area contributed by atoms with Gasteiger partial charge in [-0.3, -0.25) is 14.6 Å². The molecule has 18 heavy (non-hydrogen) atoms. The van der Waals surface area contributed by atoms with Crippen LogP contribution in [-0.2, 0) is 23.5 Å². The van der Waals surface area contributed by atoms with E-state index in [1.165, 1.54) is 0 Å². The van der Waals surface area contributed by atoms with E-state index < -0.39 is 44.2 Å². The zero-order valence-corrected chi connectivity index (χ0v) is 11.9. The standard InChI is InChI=1S/C6H9O10P.Ca/c7-3(8)1-6(12,5(10)11)2-4(9)16-17(13,14)15;/h12H,1-2H2,(H,7,8)(H,10,11)(H2,13,14,15);/q;+2/p-2. The minimum atomic E-state index is -5.21. The van der Waals surface area contributed by atoms with Crippen LogP contribution in [0.25, 0.3) is 0 Å². The maximum absolute atomic E-state index is 10.8. The molecule has 1 unspecified atom stereocenters. The third kappa shape index (κ3) is 7.98. The first-order valence-corrected chi connectivity index (χ1v) is 5.41. The SMILES string of the molecule is O=C([O-])CC(O)(CC(=O)OP(=O)(O)O)C(=O)[O-].[Ca+2]. The Bertz CT molecular complexity index is 388. The van der Waals surface area contributed by atoms with Gasteiger partial charge < -0.3 is 29.4 Å². The van der Waals surface area contributed by atoms with E-state index in [0.717, 1.165) is 0 Å². The molecule has 0 aliphatic heterocycles. The van der Waals surface area contributed by atoms with E-state index in [1.54, 1.807) is 0 Å². The molecule has 0 aromatic heterocycles. The molecule has 0 aromatic carbocycles. The normalized spacial score (nSPS) is 13.9. The molecule has 0 radical (unpaired) electrons. The fraction of sp³-hybridized carbons (Fsp3) is 0.500. The molecular weight excluding hydrogens is 303 g/mol. The number of hydrogen-bond donors (Lipinski definition) is 3. The van der Waals surface area contributed by atoms with Crippen molar-refractivity contribution in [1.29, 1.82) is 0 Å². The number of carboxylic acids is 2. The Kier molecular flexibility index (Phi) is 8.25. The number of rotatable bonds is 6. The molecule has 12 heteroatoms. The average Bonchev–Trinajstić information content (AvgIpc) is 1.96. The molecule has 0 saturated heterocycles. The summed E-state index contributed by atoms with van der Waals surface area (Å²) in [5, 5.41) is 29.7. The quantitative estimate of drug-likeness (QED) is 0.318. The van der Waals surface area contributed by atoms with Crippen molar-refractivity contribution in [1.82, 2.24) is 0 Å². The summed E-state index contributed by atoms with van der Waals surface area (Å²) in [6, 6.07) is 0. The fourth-order valence-electron chi connectivity index (χ4n) is 0.849. The smallest absolute Gasteiger partial charge is 0.550 e. The van der Waals surface area contributed by atoms with Crippen molar-refractivity contribution in [3.8, 4) is 0 Å². The summed E-state index contributed by atoms with van der Waals surface area (Å²) in [5.74, 6) is -6.11. The van der Waals surface area contributed by atoms with Gasteiger partial charge in [-0.15, -0.1) is 0 Å². The summed E-state index contributed by atoms with van der Waals surface area (Å²) in [5.41, 5.74) is -3.16. The van der Waals surface area contributed by atoms with Crippen LogP contribution in [0.15, 0.2) is 0 Å². The second-order valence-electron chi connectivity index (χ2n) is 3.00. The Morgan fingerprint density at radius 2 is 1.61 bits per heavy atom. The van der Waals surface area contributed by atoms with Crippen molar-refractivity contribution in [3.05, 3.63) is 0 Å².